The maximum absolute atomic E-state index is 13.9. The second-order valence-corrected chi connectivity index (χ2v) is 8.87. The first-order valence-corrected chi connectivity index (χ1v) is 11.1. The minimum atomic E-state index is -0.838. The summed E-state index contributed by atoms with van der Waals surface area (Å²) in [7, 11) is 2.07. The molecule has 0 radical (unpaired) electrons. The van der Waals surface area contributed by atoms with E-state index in [4.69, 9.17) is 15.0 Å². The van der Waals surface area contributed by atoms with Gasteiger partial charge in [0.15, 0.2) is 5.82 Å². The van der Waals surface area contributed by atoms with Gasteiger partial charge in [0.1, 0.15) is 23.6 Å². The van der Waals surface area contributed by atoms with E-state index in [-0.39, 0.29) is 5.92 Å². The fourth-order valence-corrected chi connectivity index (χ4v) is 4.82. The molecular weight excluding hydrogens is 407 g/mol. The van der Waals surface area contributed by atoms with Crippen LogP contribution in [-0.4, -0.2) is 53.5 Å². The van der Waals surface area contributed by atoms with Gasteiger partial charge in [-0.15, -0.1) is 5.10 Å². The van der Waals surface area contributed by atoms with Crippen molar-refractivity contribution >= 4 is 17.0 Å². The number of imidazole rings is 1. The molecule has 3 aromatic heterocycles. The average Bonchev–Trinajstić information content (AvgIpc) is 3.16. The maximum Gasteiger partial charge on any atom is 0.227 e. The van der Waals surface area contributed by atoms with Crippen molar-refractivity contribution in [3.05, 3.63) is 53.5 Å². The highest BCUT2D eigenvalue weighted by Gasteiger charge is 2.44. The molecule has 8 nitrogen and oxygen atoms in total. The molecule has 0 amide bonds. The minimum Gasteiger partial charge on any atom is -0.338 e. The molecule has 4 aromatic rings. The van der Waals surface area contributed by atoms with E-state index < -0.39 is 6.17 Å². The number of fused-ring (bicyclic) bond motifs is 1. The summed E-state index contributed by atoms with van der Waals surface area (Å²) < 4.78 is 17.8. The third kappa shape index (κ3) is 3.14. The Morgan fingerprint density at radius 1 is 1.03 bits per heavy atom. The van der Waals surface area contributed by atoms with Crippen LogP contribution < -0.4 is 4.90 Å². The molecule has 32 heavy (non-hydrogen) atoms. The Morgan fingerprint density at radius 3 is 2.59 bits per heavy atom. The van der Waals surface area contributed by atoms with Gasteiger partial charge >= 0.3 is 0 Å². The second kappa shape index (κ2) is 7.08. The Labute approximate surface area is 185 Å². The summed E-state index contributed by atoms with van der Waals surface area (Å²) in [6.45, 7) is 4.73. The van der Waals surface area contributed by atoms with Crippen LogP contribution in [-0.2, 0) is 7.05 Å². The second-order valence-electron chi connectivity index (χ2n) is 8.87. The molecule has 1 aliphatic heterocycles. The predicted octanol–water partition coefficient (Wildman–Crippen LogP) is 3.38. The summed E-state index contributed by atoms with van der Waals surface area (Å²) in [6.07, 6.45) is 0.652. The summed E-state index contributed by atoms with van der Waals surface area (Å²) in [6, 6.07) is 10.2. The van der Waals surface area contributed by atoms with Gasteiger partial charge in [-0.3, -0.25) is 0 Å². The van der Waals surface area contributed by atoms with E-state index in [1.165, 1.54) is 0 Å². The summed E-state index contributed by atoms with van der Waals surface area (Å²) in [5, 5.41) is 4.51. The van der Waals surface area contributed by atoms with E-state index in [2.05, 4.69) is 27.8 Å². The molecule has 2 aliphatic rings. The van der Waals surface area contributed by atoms with Crippen LogP contribution in [0.4, 0.5) is 10.3 Å². The van der Waals surface area contributed by atoms with Crippen molar-refractivity contribution in [3.8, 4) is 5.82 Å². The zero-order valence-electron chi connectivity index (χ0n) is 18.4. The number of aromatic nitrogens is 7. The summed E-state index contributed by atoms with van der Waals surface area (Å²) in [4.78, 5) is 20.9. The van der Waals surface area contributed by atoms with E-state index in [9.17, 15) is 4.39 Å². The fraction of sp³-hybridized carbons (Fsp3) is 0.435. The van der Waals surface area contributed by atoms with Gasteiger partial charge in [-0.25, -0.2) is 19.3 Å². The number of para-hydroxylation sites is 2. The zero-order valence-corrected chi connectivity index (χ0v) is 18.4. The zero-order chi connectivity index (χ0) is 22.0. The Balaban J connectivity index is 1.39. The topological polar surface area (TPSA) is 77.5 Å². The molecule has 1 aliphatic carbocycles. The van der Waals surface area contributed by atoms with Crippen molar-refractivity contribution in [2.24, 2.45) is 7.05 Å². The van der Waals surface area contributed by atoms with Gasteiger partial charge in [-0.1, -0.05) is 12.1 Å². The third-order valence-electron chi connectivity index (χ3n) is 6.55. The molecule has 1 saturated carbocycles. The van der Waals surface area contributed by atoms with Crippen LogP contribution in [0.1, 0.15) is 47.8 Å². The standard InChI is InChI=1S/C23H25FN8/c1-13-25-14(2)32(29-13)21-11-19(27-23(28-21)31-9-8-15(24)12-31)16-10-17(16)22-26-18-6-4-5-7-20(18)30(22)3/h4-7,11,15-17H,8-10,12H2,1-3H3/t15?,16-,17-/m1/s1. The SMILES string of the molecule is Cc1nc(C)n(-c2cc([C@@H]3C[C@H]3c3nc4ccccc4n3C)nc(N3CCC(F)C3)n2)n1. The molecule has 1 aromatic carbocycles. The van der Waals surface area contributed by atoms with Gasteiger partial charge in [0, 0.05) is 31.5 Å². The van der Waals surface area contributed by atoms with Crippen LogP contribution in [0.15, 0.2) is 30.3 Å². The molecule has 9 heteroatoms. The number of aryl methyl sites for hydroxylation is 3. The Morgan fingerprint density at radius 2 is 1.88 bits per heavy atom. The van der Waals surface area contributed by atoms with E-state index in [1.807, 2.05) is 43.0 Å². The highest BCUT2D eigenvalue weighted by Crippen LogP contribution is 2.54. The van der Waals surface area contributed by atoms with Crippen molar-refractivity contribution in [2.75, 3.05) is 18.0 Å². The van der Waals surface area contributed by atoms with Gasteiger partial charge in [-0.2, -0.15) is 9.67 Å². The lowest BCUT2D eigenvalue weighted by Gasteiger charge is -2.17. The molecule has 0 N–H and O–H groups in total. The van der Waals surface area contributed by atoms with Crippen LogP contribution >= 0.6 is 0 Å². The normalized spacial score (nSPS) is 22.8. The lowest BCUT2D eigenvalue weighted by atomic mass is 10.2. The molecular formula is C23H25FN8. The van der Waals surface area contributed by atoms with Crippen molar-refractivity contribution < 1.29 is 4.39 Å². The Bertz CT molecular complexity index is 1330. The predicted molar refractivity (Wildman–Crippen MR) is 119 cm³/mol. The van der Waals surface area contributed by atoms with E-state index in [0.29, 0.717) is 43.0 Å². The van der Waals surface area contributed by atoms with Crippen LogP contribution in [0.2, 0.25) is 0 Å². The minimum absolute atomic E-state index is 0.250. The van der Waals surface area contributed by atoms with Crippen molar-refractivity contribution in [3.63, 3.8) is 0 Å². The first kappa shape index (κ1) is 19.3. The van der Waals surface area contributed by atoms with Gasteiger partial charge in [0.05, 0.1) is 23.3 Å². The van der Waals surface area contributed by atoms with Crippen LogP contribution in [0.25, 0.3) is 16.9 Å². The van der Waals surface area contributed by atoms with Gasteiger partial charge in [0.2, 0.25) is 5.95 Å². The number of hydrogen-bond donors (Lipinski definition) is 0. The van der Waals surface area contributed by atoms with Crippen LogP contribution in [0, 0.1) is 13.8 Å². The molecule has 0 spiro atoms. The molecule has 0 bridgehead atoms. The summed E-state index contributed by atoms with van der Waals surface area (Å²) in [5.41, 5.74) is 3.10. The summed E-state index contributed by atoms with van der Waals surface area (Å²) in [5.74, 6) is 4.34. The molecule has 1 unspecified atom stereocenters. The van der Waals surface area contributed by atoms with E-state index >= 15 is 0 Å². The molecule has 2 fully saturated rings. The van der Waals surface area contributed by atoms with E-state index in [1.54, 1.807) is 4.68 Å². The van der Waals surface area contributed by atoms with Crippen LogP contribution in [0.3, 0.4) is 0 Å². The summed E-state index contributed by atoms with van der Waals surface area (Å²) >= 11 is 0. The quantitative estimate of drug-likeness (QED) is 0.492. The van der Waals surface area contributed by atoms with Crippen LogP contribution in [0.5, 0.6) is 0 Å². The molecule has 164 valence electrons. The number of benzene rings is 1. The lowest BCUT2D eigenvalue weighted by Crippen LogP contribution is -2.23. The molecule has 6 rings (SSSR count). The molecule has 3 atom stereocenters. The number of hydrogen-bond acceptors (Lipinski definition) is 6. The largest absolute Gasteiger partial charge is 0.338 e. The number of alkyl halides is 1. The highest BCUT2D eigenvalue weighted by molar-refractivity contribution is 5.76. The maximum atomic E-state index is 13.9. The average molecular weight is 433 g/mol. The fourth-order valence-electron chi connectivity index (χ4n) is 4.82. The number of rotatable bonds is 4. The Hall–Kier alpha value is -3.36. The number of anilines is 1. The lowest BCUT2D eigenvalue weighted by molar-refractivity contribution is 0.364. The first-order valence-electron chi connectivity index (χ1n) is 11.1. The van der Waals surface area contributed by atoms with Crippen molar-refractivity contribution in [1.29, 1.82) is 0 Å². The smallest absolute Gasteiger partial charge is 0.227 e. The molecule has 4 heterocycles. The van der Waals surface area contributed by atoms with E-state index in [0.717, 1.165) is 34.8 Å². The van der Waals surface area contributed by atoms with Crippen molar-refractivity contribution in [2.45, 2.75) is 44.7 Å². The van der Waals surface area contributed by atoms with Gasteiger partial charge in [0.25, 0.3) is 0 Å². The Kier molecular flexibility index (Phi) is 4.28. The van der Waals surface area contributed by atoms with Crippen molar-refractivity contribution in [1.82, 2.24) is 34.3 Å². The molecule has 1 saturated heterocycles. The monoisotopic (exact) mass is 432 g/mol. The van der Waals surface area contributed by atoms with Gasteiger partial charge in [-0.05, 0) is 38.8 Å². The number of nitrogens with zero attached hydrogens (tertiary/aromatic N) is 8. The number of halogens is 1. The highest BCUT2D eigenvalue weighted by atomic mass is 19.1. The third-order valence-corrected chi connectivity index (χ3v) is 6.55. The van der Waals surface area contributed by atoms with Gasteiger partial charge < -0.3 is 9.47 Å². The first-order chi connectivity index (χ1) is 15.5.